The van der Waals surface area contributed by atoms with Gasteiger partial charge in [0.1, 0.15) is 11.6 Å². The molecule has 0 radical (unpaired) electrons. The SMILES string of the molecule is COc1ccc(CN2CCN(Cc3ccc(SC)cc3)C[C@H]2CCO)c(F)c1. The van der Waals surface area contributed by atoms with Crippen LogP contribution in [0.15, 0.2) is 47.4 Å². The van der Waals surface area contributed by atoms with Gasteiger partial charge in [0, 0.05) is 61.9 Å². The molecule has 0 aromatic heterocycles. The van der Waals surface area contributed by atoms with Crippen LogP contribution in [-0.4, -0.2) is 60.6 Å². The number of methoxy groups -OCH3 is 1. The van der Waals surface area contributed by atoms with Gasteiger partial charge in [-0.2, -0.15) is 0 Å². The van der Waals surface area contributed by atoms with Crippen molar-refractivity contribution in [2.24, 2.45) is 0 Å². The second kappa shape index (κ2) is 10.3. The molecule has 1 N–H and O–H groups in total. The van der Waals surface area contributed by atoms with Gasteiger partial charge >= 0.3 is 0 Å². The number of aliphatic hydroxyl groups is 1. The fraction of sp³-hybridized carbons (Fsp3) is 0.455. The Bertz CT molecular complexity index is 757. The number of ether oxygens (including phenoxy) is 1. The summed E-state index contributed by atoms with van der Waals surface area (Å²) in [6.07, 6.45) is 2.78. The van der Waals surface area contributed by atoms with Crippen LogP contribution in [0.2, 0.25) is 0 Å². The second-order valence-corrected chi connectivity index (χ2v) is 8.06. The smallest absolute Gasteiger partial charge is 0.131 e. The summed E-state index contributed by atoms with van der Waals surface area (Å²) >= 11 is 1.75. The van der Waals surface area contributed by atoms with Crippen molar-refractivity contribution in [2.45, 2.75) is 30.4 Å². The van der Waals surface area contributed by atoms with Gasteiger partial charge in [-0.3, -0.25) is 9.80 Å². The molecule has 1 saturated heterocycles. The highest BCUT2D eigenvalue weighted by molar-refractivity contribution is 7.98. The Morgan fingerprint density at radius 3 is 2.57 bits per heavy atom. The van der Waals surface area contributed by atoms with E-state index in [4.69, 9.17) is 4.74 Å². The number of nitrogens with zero attached hydrogens (tertiary/aromatic N) is 2. The van der Waals surface area contributed by atoms with E-state index in [2.05, 4.69) is 40.3 Å². The van der Waals surface area contributed by atoms with Gasteiger partial charge in [0.2, 0.25) is 0 Å². The molecule has 1 aliphatic rings. The number of piperazine rings is 1. The van der Waals surface area contributed by atoms with Gasteiger partial charge in [-0.25, -0.2) is 4.39 Å². The summed E-state index contributed by atoms with van der Waals surface area (Å²) in [6.45, 7) is 4.27. The maximum absolute atomic E-state index is 14.4. The summed E-state index contributed by atoms with van der Waals surface area (Å²) < 4.78 is 19.5. The van der Waals surface area contributed by atoms with E-state index in [0.717, 1.165) is 26.2 Å². The van der Waals surface area contributed by atoms with Crippen molar-refractivity contribution < 1.29 is 14.2 Å². The van der Waals surface area contributed by atoms with Crippen molar-refractivity contribution in [1.82, 2.24) is 9.80 Å². The first-order valence-corrected chi connectivity index (χ1v) is 10.9. The highest BCUT2D eigenvalue weighted by atomic mass is 32.2. The van der Waals surface area contributed by atoms with E-state index in [0.29, 0.717) is 24.3 Å². The van der Waals surface area contributed by atoms with E-state index in [-0.39, 0.29) is 18.5 Å². The number of thioether (sulfide) groups is 1. The molecule has 1 atom stereocenters. The summed E-state index contributed by atoms with van der Waals surface area (Å²) in [7, 11) is 1.54. The molecule has 28 heavy (non-hydrogen) atoms. The molecule has 1 aliphatic heterocycles. The summed E-state index contributed by atoms with van der Waals surface area (Å²) in [5, 5.41) is 9.52. The number of hydrogen-bond donors (Lipinski definition) is 1. The highest BCUT2D eigenvalue weighted by Crippen LogP contribution is 2.22. The zero-order chi connectivity index (χ0) is 19.9. The average molecular weight is 405 g/mol. The Morgan fingerprint density at radius 1 is 1.14 bits per heavy atom. The molecule has 4 nitrogen and oxygen atoms in total. The molecule has 0 aliphatic carbocycles. The van der Waals surface area contributed by atoms with Gasteiger partial charge in [0.15, 0.2) is 0 Å². The van der Waals surface area contributed by atoms with Crippen LogP contribution >= 0.6 is 11.8 Å². The number of rotatable bonds is 8. The maximum Gasteiger partial charge on any atom is 0.131 e. The minimum Gasteiger partial charge on any atom is -0.497 e. The molecule has 2 aromatic rings. The van der Waals surface area contributed by atoms with E-state index in [9.17, 15) is 9.50 Å². The molecule has 1 fully saturated rings. The third-order valence-corrected chi connectivity index (χ3v) is 6.09. The van der Waals surface area contributed by atoms with Crippen molar-refractivity contribution in [3.8, 4) is 5.75 Å². The Hall–Kier alpha value is -1.60. The quantitative estimate of drug-likeness (QED) is 0.680. The fourth-order valence-electron chi connectivity index (χ4n) is 3.72. The van der Waals surface area contributed by atoms with Crippen LogP contribution in [0.1, 0.15) is 17.5 Å². The Labute approximate surface area is 171 Å². The molecule has 0 saturated carbocycles. The lowest BCUT2D eigenvalue weighted by Gasteiger charge is -2.41. The first-order chi connectivity index (χ1) is 13.6. The van der Waals surface area contributed by atoms with Crippen molar-refractivity contribution in [2.75, 3.05) is 39.6 Å². The zero-order valence-electron chi connectivity index (χ0n) is 16.6. The standard InChI is InChI=1S/C22H29FN2O2S/c1-27-20-6-5-18(22(23)13-20)15-25-11-10-24(16-19(25)9-12-26)14-17-3-7-21(28-2)8-4-17/h3-8,13,19,26H,9-12,14-16H2,1-2H3/t19-/m1/s1. The van der Waals surface area contributed by atoms with Crippen molar-refractivity contribution in [1.29, 1.82) is 0 Å². The predicted octanol–water partition coefficient (Wildman–Crippen LogP) is 3.63. The van der Waals surface area contributed by atoms with Crippen LogP contribution in [0.5, 0.6) is 5.75 Å². The largest absolute Gasteiger partial charge is 0.497 e. The lowest BCUT2D eigenvalue weighted by Crippen LogP contribution is -2.52. The number of halogens is 1. The summed E-state index contributed by atoms with van der Waals surface area (Å²) in [6, 6.07) is 13.9. The van der Waals surface area contributed by atoms with Crippen LogP contribution in [0.3, 0.4) is 0 Å². The van der Waals surface area contributed by atoms with Crippen molar-refractivity contribution >= 4 is 11.8 Å². The van der Waals surface area contributed by atoms with Crippen LogP contribution in [0, 0.1) is 5.82 Å². The molecular formula is C22H29FN2O2S. The Morgan fingerprint density at radius 2 is 1.93 bits per heavy atom. The minimum absolute atomic E-state index is 0.141. The first-order valence-electron chi connectivity index (χ1n) is 9.65. The summed E-state index contributed by atoms with van der Waals surface area (Å²) in [5.74, 6) is 0.295. The normalized spacial score (nSPS) is 18.4. The lowest BCUT2D eigenvalue weighted by atomic mass is 10.1. The van der Waals surface area contributed by atoms with E-state index in [1.807, 2.05) is 0 Å². The van der Waals surface area contributed by atoms with Gasteiger partial charge in [0.05, 0.1) is 7.11 Å². The van der Waals surface area contributed by atoms with Crippen LogP contribution in [-0.2, 0) is 13.1 Å². The van der Waals surface area contributed by atoms with E-state index in [1.54, 1.807) is 31.0 Å². The molecule has 2 aromatic carbocycles. The van der Waals surface area contributed by atoms with E-state index < -0.39 is 0 Å². The van der Waals surface area contributed by atoms with Crippen LogP contribution in [0.25, 0.3) is 0 Å². The molecular weight excluding hydrogens is 375 g/mol. The van der Waals surface area contributed by atoms with Gasteiger partial charge in [-0.15, -0.1) is 11.8 Å². The predicted molar refractivity (Wildman–Crippen MR) is 112 cm³/mol. The van der Waals surface area contributed by atoms with Crippen LogP contribution in [0.4, 0.5) is 4.39 Å². The van der Waals surface area contributed by atoms with Gasteiger partial charge in [-0.05, 0) is 36.4 Å². The lowest BCUT2D eigenvalue weighted by molar-refractivity contribution is 0.0493. The second-order valence-electron chi connectivity index (χ2n) is 7.18. The molecule has 6 heteroatoms. The summed E-state index contributed by atoms with van der Waals surface area (Å²) in [4.78, 5) is 5.98. The molecule has 0 unspecified atom stereocenters. The molecule has 3 rings (SSSR count). The number of hydrogen-bond acceptors (Lipinski definition) is 5. The zero-order valence-corrected chi connectivity index (χ0v) is 17.4. The third-order valence-electron chi connectivity index (χ3n) is 5.35. The monoisotopic (exact) mass is 404 g/mol. The highest BCUT2D eigenvalue weighted by Gasteiger charge is 2.27. The minimum atomic E-state index is -0.238. The third kappa shape index (κ3) is 5.47. The molecule has 152 valence electrons. The average Bonchev–Trinajstić information content (AvgIpc) is 2.72. The Kier molecular flexibility index (Phi) is 7.73. The van der Waals surface area contributed by atoms with Crippen LogP contribution < -0.4 is 4.74 Å². The summed E-state index contributed by atoms with van der Waals surface area (Å²) in [5.41, 5.74) is 1.97. The van der Waals surface area contributed by atoms with E-state index >= 15 is 0 Å². The van der Waals surface area contributed by atoms with Gasteiger partial charge in [0.25, 0.3) is 0 Å². The van der Waals surface area contributed by atoms with Crippen molar-refractivity contribution in [3.05, 3.63) is 59.4 Å². The maximum atomic E-state index is 14.4. The molecule has 1 heterocycles. The number of aliphatic hydroxyl groups excluding tert-OH is 1. The number of benzene rings is 2. The molecule has 0 spiro atoms. The molecule has 0 amide bonds. The molecule has 0 bridgehead atoms. The fourth-order valence-corrected chi connectivity index (χ4v) is 4.13. The topological polar surface area (TPSA) is 35.9 Å². The Balaban J connectivity index is 1.63. The van der Waals surface area contributed by atoms with Crippen molar-refractivity contribution in [3.63, 3.8) is 0 Å². The first kappa shape index (κ1) is 21.1. The van der Waals surface area contributed by atoms with Gasteiger partial charge in [-0.1, -0.05) is 18.2 Å². The van der Waals surface area contributed by atoms with Gasteiger partial charge < -0.3 is 9.84 Å². The van der Waals surface area contributed by atoms with E-state index in [1.165, 1.54) is 16.5 Å².